The van der Waals surface area contributed by atoms with Gasteiger partial charge in [0.15, 0.2) is 0 Å². The van der Waals surface area contributed by atoms with Gasteiger partial charge in [0.1, 0.15) is 6.10 Å². The van der Waals surface area contributed by atoms with Crippen LogP contribution in [0.5, 0.6) is 0 Å². The molecule has 0 saturated heterocycles. The Balaban J connectivity index is 0.00000261. The number of hydrogen-bond acceptors (Lipinski definition) is 3. The second-order valence-electron chi connectivity index (χ2n) is 6.60. The van der Waals surface area contributed by atoms with Crippen LogP contribution in [-0.2, 0) is 4.74 Å². The topological polar surface area (TPSA) is 29.5 Å². The molecule has 1 atom stereocenters. The zero-order valence-electron chi connectivity index (χ0n) is 15.4. The molecule has 0 saturated carbocycles. The molecule has 0 aliphatic carbocycles. The van der Waals surface area contributed by atoms with E-state index in [9.17, 15) is 4.79 Å². The van der Waals surface area contributed by atoms with Gasteiger partial charge in [0.05, 0.1) is 5.56 Å². The second-order valence-corrected chi connectivity index (χ2v) is 7.04. The minimum atomic E-state index is -0.311. The third kappa shape index (κ3) is 5.70. The molecule has 3 aromatic carbocycles. The Labute approximate surface area is 171 Å². The third-order valence-electron chi connectivity index (χ3n) is 4.31. The molecule has 5 heteroatoms. The summed E-state index contributed by atoms with van der Waals surface area (Å²) in [5.41, 5.74) is 1.51. The summed E-state index contributed by atoms with van der Waals surface area (Å²) >= 11 is 5.98. The fourth-order valence-corrected chi connectivity index (χ4v) is 2.99. The molecule has 0 heterocycles. The minimum Gasteiger partial charge on any atom is -0.454 e. The Kier molecular flexibility index (Phi) is 7.66. The van der Waals surface area contributed by atoms with Gasteiger partial charge in [0.2, 0.25) is 0 Å². The Morgan fingerprint density at radius 1 is 1.00 bits per heavy atom. The molecule has 0 aromatic heterocycles. The molecule has 0 radical (unpaired) electrons. The zero-order valence-corrected chi connectivity index (χ0v) is 17.0. The van der Waals surface area contributed by atoms with Crippen LogP contribution in [-0.4, -0.2) is 31.5 Å². The molecule has 0 spiro atoms. The molecule has 0 aliphatic rings. The molecule has 3 aromatic rings. The van der Waals surface area contributed by atoms with Crippen molar-refractivity contribution in [2.75, 3.05) is 20.6 Å². The number of benzene rings is 3. The summed E-state index contributed by atoms with van der Waals surface area (Å²) in [5.74, 6) is -0.311. The lowest BCUT2D eigenvalue weighted by atomic mass is 10.1. The van der Waals surface area contributed by atoms with E-state index in [1.54, 1.807) is 0 Å². The molecule has 0 amide bonds. The van der Waals surface area contributed by atoms with Gasteiger partial charge in [0, 0.05) is 18.0 Å². The lowest BCUT2D eigenvalue weighted by Gasteiger charge is -2.20. The van der Waals surface area contributed by atoms with Crippen LogP contribution in [0.1, 0.15) is 28.4 Å². The van der Waals surface area contributed by atoms with E-state index in [1.807, 2.05) is 80.8 Å². The van der Waals surface area contributed by atoms with Gasteiger partial charge in [-0.25, -0.2) is 4.79 Å². The summed E-state index contributed by atoms with van der Waals surface area (Å²) in [6.45, 7) is 0.818. The van der Waals surface area contributed by atoms with Crippen molar-refractivity contribution in [3.63, 3.8) is 0 Å². The average Bonchev–Trinajstić information content (AvgIpc) is 2.65. The summed E-state index contributed by atoms with van der Waals surface area (Å²) < 4.78 is 5.85. The fraction of sp³-hybridized carbons (Fsp3) is 0.227. The quantitative estimate of drug-likeness (QED) is 0.489. The van der Waals surface area contributed by atoms with E-state index >= 15 is 0 Å². The molecule has 3 nitrogen and oxygen atoms in total. The number of carbonyl (C=O) groups is 1. The Hall–Kier alpha value is -2.07. The number of esters is 1. The van der Waals surface area contributed by atoms with Gasteiger partial charge < -0.3 is 9.64 Å². The first kappa shape index (κ1) is 21.2. The molecule has 0 aliphatic heterocycles. The Bertz CT molecular complexity index is 894. The highest BCUT2D eigenvalue weighted by Gasteiger charge is 2.18. The van der Waals surface area contributed by atoms with E-state index < -0.39 is 0 Å². The normalized spacial score (nSPS) is 11.9. The van der Waals surface area contributed by atoms with Gasteiger partial charge in [-0.1, -0.05) is 54.1 Å². The zero-order chi connectivity index (χ0) is 18.5. The fourth-order valence-electron chi connectivity index (χ4n) is 2.86. The standard InChI is InChI=1S/C22H22ClNO2.ClH/c1-24(2)14-13-21(17-9-11-20(23)12-10-17)26-22(25)19-8-7-16-5-3-4-6-18(16)15-19;/h3-12,15,21H,13-14H2,1-2H3;1H. The molecule has 1 unspecified atom stereocenters. The van der Waals surface area contributed by atoms with Crippen LogP contribution in [0, 0.1) is 0 Å². The van der Waals surface area contributed by atoms with Crippen molar-refractivity contribution < 1.29 is 9.53 Å². The highest BCUT2D eigenvalue weighted by molar-refractivity contribution is 6.30. The predicted molar refractivity (Wildman–Crippen MR) is 114 cm³/mol. The number of rotatable bonds is 6. The molecule has 0 bridgehead atoms. The predicted octanol–water partition coefficient (Wildman–Crippen LogP) is 5.76. The molecule has 3 rings (SSSR count). The first-order valence-corrected chi connectivity index (χ1v) is 9.01. The van der Waals surface area contributed by atoms with Crippen molar-refractivity contribution in [3.05, 3.63) is 82.9 Å². The summed E-state index contributed by atoms with van der Waals surface area (Å²) in [5, 5.41) is 2.80. The Morgan fingerprint density at radius 2 is 1.67 bits per heavy atom. The van der Waals surface area contributed by atoms with E-state index in [0.717, 1.165) is 22.9 Å². The highest BCUT2D eigenvalue weighted by Crippen LogP contribution is 2.25. The van der Waals surface area contributed by atoms with E-state index in [-0.39, 0.29) is 24.5 Å². The van der Waals surface area contributed by atoms with Crippen LogP contribution in [0.4, 0.5) is 0 Å². The SMILES string of the molecule is CN(C)CCC(OC(=O)c1ccc2ccccc2c1)c1ccc(Cl)cc1.Cl. The number of carbonyl (C=O) groups excluding carboxylic acids is 1. The number of nitrogens with zero attached hydrogens (tertiary/aromatic N) is 1. The molecule has 0 N–H and O–H groups in total. The van der Waals surface area contributed by atoms with Crippen LogP contribution < -0.4 is 0 Å². The largest absolute Gasteiger partial charge is 0.454 e. The molecular formula is C22H23Cl2NO2. The summed E-state index contributed by atoms with van der Waals surface area (Å²) in [7, 11) is 4.01. The monoisotopic (exact) mass is 403 g/mol. The lowest BCUT2D eigenvalue weighted by molar-refractivity contribution is 0.0261. The van der Waals surface area contributed by atoms with Crippen molar-refractivity contribution >= 4 is 40.7 Å². The van der Waals surface area contributed by atoms with Crippen molar-refractivity contribution in [1.82, 2.24) is 4.90 Å². The Morgan fingerprint density at radius 3 is 2.33 bits per heavy atom. The van der Waals surface area contributed by atoms with Gasteiger partial charge in [-0.3, -0.25) is 0 Å². The van der Waals surface area contributed by atoms with Gasteiger partial charge in [-0.15, -0.1) is 12.4 Å². The van der Waals surface area contributed by atoms with Crippen molar-refractivity contribution in [2.45, 2.75) is 12.5 Å². The number of fused-ring (bicyclic) bond motifs is 1. The summed E-state index contributed by atoms with van der Waals surface area (Å²) in [6, 6.07) is 21.1. The molecule has 27 heavy (non-hydrogen) atoms. The van der Waals surface area contributed by atoms with Crippen LogP contribution in [0.3, 0.4) is 0 Å². The van der Waals surface area contributed by atoms with Gasteiger partial charge in [-0.2, -0.15) is 0 Å². The van der Waals surface area contributed by atoms with Crippen molar-refractivity contribution in [1.29, 1.82) is 0 Å². The van der Waals surface area contributed by atoms with Crippen LogP contribution in [0.25, 0.3) is 10.8 Å². The van der Waals surface area contributed by atoms with Crippen molar-refractivity contribution in [3.8, 4) is 0 Å². The molecule has 142 valence electrons. The maximum absolute atomic E-state index is 12.7. The van der Waals surface area contributed by atoms with E-state index in [4.69, 9.17) is 16.3 Å². The lowest BCUT2D eigenvalue weighted by Crippen LogP contribution is -2.19. The van der Waals surface area contributed by atoms with Gasteiger partial charge in [-0.05, 0) is 54.7 Å². The van der Waals surface area contributed by atoms with E-state index in [2.05, 4.69) is 4.90 Å². The third-order valence-corrected chi connectivity index (χ3v) is 4.57. The van der Waals surface area contributed by atoms with Gasteiger partial charge >= 0.3 is 5.97 Å². The summed E-state index contributed by atoms with van der Waals surface area (Å²) in [4.78, 5) is 14.8. The highest BCUT2D eigenvalue weighted by atomic mass is 35.5. The second kappa shape index (κ2) is 9.75. The maximum atomic E-state index is 12.7. The van der Waals surface area contributed by atoms with Crippen LogP contribution in [0.15, 0.2) is 66.7 Å². The maximum Gasteiger partial charge on any atom is 0.338 e. The van der Waals surface area contributed by atoms with Crippen LogP contribution >= 0.6 is 24.0 Å². The smallest absolute Gasteiger partial charge is 0.338 e. The molecule has 0 fully saturated rings. The minimum absolute atomic E-state index is 0. The first-order chi connectivity index (χ1) is 12.5. The number of ether oxygens (including phenoxy) is 1. The van der Waals surface area contributed by atoms with E-state index in [0.29, 0.717) is 17.0 Å². The average molecular weight is 404 g/mol. The van der Waals surface area contributed by atoms with Crippen LogP contribution in [0.2, 0.25) is 5.02 Å². The van der Waals surface area contributed by atoms with Crippen molar-refractivity contribution in [2.24, 2.45) is 0 Å². The summed E-state index contributed by atoms with van der Waals surface area (Å²) in [6.07, 6.45) is 0.405. The van der Waals surface area contributed by atoms with Gasteiger partial charge in [0.25, 0.3) is 0 Å². The number of hydrogen-bond donors (Lipinski definition) is 0. The molecular weight excluding hydrogens is 381 g/mol. The number of halogens is 2. The first-order valence-electron chi connectivity index (χ1n) is 8.63. The van der Waals surface area contributed by atoms with E-state index in [1.165, 1.54) is 0 Å².